The molecule has 0 spiro atoms. The number of fused-ring (bicyclic) bond motifs is 1. The molecule has 0 radical (unpaired) electrons. The number of aromatic nitrogens is 3. The zero-order valence-corrected chi connectivity index (χ0v) is 11.5. The Labute approximate surface area is 116 Å². The molecule has 2 heterocycles. The van der Waals surface area contributed by atoms with Crippen LogP contribution in [0.3, 0.4) is 0 Å². The van der Waals surface area contributed by atoms with Crippen molar-refractivity contribution in [1.82, 2.24) is 15.2 Å². The van der Waals surface area contributed by atoms with Crippen LogP contribution in [0.25, 0.3) is 0 Å². The molecule has 1 aromatic carbocycles. The Kier molecular flexibility index (Phi) is 3.32. The van der Waals surface area contributed by atoms with Crippen molar-refractivity contribution < 1.29 is 9.47 Å². The SMILES string of the molecule is CN(C)c1n[nH]c(NCCc2ccc3c(c2)OCO3)n1. The molecule has 7 nitrogen and oxygen atoms in total. The first-order valence-electron chi connectivity index (χ1n) is 6.44. The third-order valence-corrected chi connectivity index (χ3v) is 3.02. The van der Waals surface area contributed by atoms with E-state index in [0.717, 1.165) is 24.5 Å². The number of hydrogen-bond donors (Lipinski definition) is 2. The number of anilines is 2. The minimum absolute atomic E-state index is 0.308. The van der Waals surface area contributed by atoms with Gasteiger partial charge in [0, 0.05) is 20.6 Å². The lowest BCUT2D eigenvalue weighted by Gasteiger charge is -2.05. The van der Waals surface area contributed by atoms with Gasteiger partial charge >= 0.3 is 0 Å². The van der Waals surface area contributed by atoms with E-state index in [1.54, 1.807) is 0 Å². The van der Waals surface area contributed by atoms with Crippen LogP contribution in [-0.4, -0.2) is 42.6 Å². The first-order chi connectivity index (χ1) is 9.72. The van der Waals surface area contributed by atoms with Crippen molar-refractivity contribution in [2.75, 3.05) is 37.6 Å². The van der Waals surface area contributed by atoms with Crippen LogP contribution >= 0.6 is 0 Å². The molecule has 2 aromatic rings. The largest absolute Gasteiger partial charge is 0.454 e. The molecule has 0 amide bonds. The predicted octanol–water partition coefficient (Wildman–Crippen LogP) is 1.25. The summed E-state index contributed by atoms with van der Waals surface area (Å²) in [6, 6.07) is 5.99. The van der Waals surface area contributed by atoms with Gasteiger partial charge in [-0.3, -0.25) is 0 Å². The summed E-state index contributed by atoms with van der Waals surface area (Å²) in [6.07, 6.45) is 0.870. The Bertz CT molecular complexity index is 596. The van der Waals surface area contributed by atoms with Gasteiger partial charge in [-0.1, -0.05) is 6.07 Å². The van der Waals surface area contributed by atoms with E-state index in [9.17, 15) is 0 Å². The van der Waals surface area contributed by atoms with Gasteiger partial charge in [-0.05, 0) is 24.1 Å². The number of nitrogens with zero attached hydrogens (tertiary/aromatic N) is 3. The molecule has 0 fully saturated rings. The van der Waals surface area contributed by atoms with Gasteiger partial charge in [0.25, 0.3) is 0 Å². The molecule has 20 heavy (non-hydrogen) atoms. The van der Waals surface area contributed by atoms with Gasteiger partial charge < -0.3 is 19.7 Å². The van der Waals surface area contributed by atoms with Gasteiger partial charge in [-0.15, -0.1) is 5.10 Å². The van der Waals surface area contributed by atoms with Crippen LogP contribution in [0.4, 0.5) is 11.9 Å². The van der Waals surface area contributed by atoms with E-state index in [1.165, 1.54) is 5.56 Å². The molecule has 7 heteroatoms. The highest BCUT2D eigenvalue weighted by Gasteiger charge is 2.13. The lowest BCUT2D eigenvalue weighted by atomic mass is 10.1. The quantitative estimate of drug-likeness (QED) is 0.855. The number of benzene rings is 1. The summed E-state index contributed by atoms with van der Waals surface area (Å²) in [5.41, 5.74) is 1.19. The van der Waals surface area contributed by atoms with Crippen LogP contribution in [0.1, 0.15) is 5.56 Å². The number of ether oxygens (including phenoxy) is 2. The van der Waals surface area contributed by atoms with E-state index >= 15 is 0 Å². The highest BCUT2D eigenvalue weighted by molar-refractivity contribution is 5.44. The fourth-order valence-electron chi connectivity index (χ4n) is 1.95. The third kappa shape index (κ3) is 2.61. The predicted molar refractivity (Wildman–Crippen MR) is 75.5 cm³/mol. The van der Waals surface area contributed by atoms with E-state index in [1.807, 2.05) is 37.2 Å². The van der Waals surface area contributed by atoms with Crippen molar-refractivity contribution >= 4 is 11.9 Å². The Morgan fingerprint density at radius 1 is 1.30 bits per heavy atom. The fraction of sp³-hybridized carbons (Fsp3) is 0.385. The maximum atomic E-state index is 5.36. The molecular formula is C13H17N5O2. The van der Waals surface area contributed by atoms with Crippen LogP contribution < -0.4 is 19.7 Å². The number of nitrogens with one attached hydrogen (secondary N) is 2. The molecule has 3 rings (SSSR count). The summed E-state index contributed by atoms with van der Waals surface area (Å²) < 4.78 is 10.6. The maximum Gasteiger partial charge on any atom is 0.245 e. The van der Waals surface area contributed by atoms with E-state index in [2.05, 4.69) is 20.5 Å². The van der Waals surface area contributed by atoms with Crippen molar-refractivity contribution in [2.24, 2.45) is 0 Å². The second-order valence-corrected chi connectivity index (χ2v) is 4.74. The normalized spacial score (nSPS) is 12.5. The molecule has 2 N–H and O–H groups in total. The second-order valence-electron chi connectivity index (χ2n) is 4.74. The first-order valence-corrected chi connectivity index (χ1v) is 6.44. The summed E-state index contributed by atoms with van der Waals surface area (Å²) in [7, 11) is 3.80. The summed E-state index contributed by atoms with van der Waals surface area (Å²) in [5, 5.41) is 10.1. The Morgan fingerprint density at radius 2 is 2.15 bits per heavy atom. The highest BCUT2D eigenvalue weighted by atomic mass is 16.7. The molecule has 106 valence electrons. The summed E-state index contributed by atoms with van der Waals surface area (Å²) in [4.78, 5) is 6.15. The molecule has 1 aliphatic heterocycles. The van der Waals surface area contributed by atoms with E-state index in [-0.39, 0.29) is 0 Å². The topological polar surface area (TPSA) is 75.3 Å². The summed E-state index contributed by atoms with van der Waals surface area (Å²) in [5.74, 6) is 2.97. The van der Waals surface area contributed by atoms with Crippen molar-refractivity contribution in [1.29, 1.82) is 0 Å². The average Bonchev–Trinajstić information content (AvgIpc) is 3.06. The molecule has 0 unspecified atom stereocenters. The molecule has 0 aliphatic carbocycles. The zero-order valence-electron chi connectivity index (χ0n) is 11.5. The number of hydrogen-bond acceptors (Lipinski definition) is 6. The molecule has 0 atom stereocenters. The zero-order chi connectivity index (χ0) is 13.9. The van der Waals surface area contributed by atoms with Crippen molar-refractivity contribution in [3.8, 4) is 11.5 Å². The van der Waals surface area contributed by atoms with Gasteiger partial charge in [0.05, 0.1) is 0 Å². The molecular weight excluding hydrogens is 258 g/mol. The molecule has 0 bridgehead atoms. The second kappa shape index (κ2) is 5.28. The van der Waals surface area contributed by atoms with Gasteiger partial charge in [0.1, 0.15) is 0 Å². The molecule has 0 saturated carbocycles. The standard InChI is InChI=1S/C13H17N5O2/c1-18(2)13-15-12(16-17-13)14-6-5-9-3-4-10-11(7-9)20-8-19-10/h3-4,7H,5-6,8H2,1-2H3,(H2,14,15,16,17). The van der Waals surface area contributed by atoms with Crippen LogP contribution in [0, 0.1) is 0 Å². The molecule has 1 aromatic heterocycles. The van der Waals surface area contributed by atoms with E-state index in [4.69, 9.17) is 9.47 Å². The van der Waals surface area contributed by atoms with Gasteiger partial charge in [0.15, 0.2) is 11.5 Å². The first kappa shape index (κ1) is 12.6. The van der Waals surface area contributed by atoms with Crippen LogP contribution in [0.2, 0.25) is 0 Å². The smallest absolute Gasteiger partial charge is 0.245 e. The monoisotopic (exact) mass is 275 g/mol. The highest BCUT2D eigenvalue weighted by Crippen LogP contribution is 2.32. The van der Waals surface area contributed by atoms with Crippen LogP contribution in [-0.2, 0) is 6.42 Å². The van der Waals surface area contributed by atoms with E-state index in [0.29, 0.717) is 18.7 Å². The average molecular weight is 275 g/mol. The molecule has 1 aliphatic rings. The minimum Gasteiger partial charge on any atom is -0.454 e. The lowest BCUT2D eigenvalue weighted by molar-refractivity contribution is 0.174. The van der Waals surface area contributed by atoms with Crippen LogP contribution in [0.15, 0.2) is 18.2 Å². The minimum atomic E-state index is 0.308. The maximum absolute atomic E-state index is 5.36. The van der Waals surface area contributed by atoms with Gasteiger partial charge in [-0.2, -0.15) is 4.98 Å². The van der Waals surface area contributed by atoms with Gasteiger partial charge in [0.2, 0.25) is 18.7 Å². The number of rotatable bonds is 5. The van der Waals surface area contributed by atoms with Crippen molar-refractivity contribution in [3.05, 3.63) is 23.8 Å². The molecule has 0 saturated heterocycles. The Balaban J connectivity index is 1.54. The van der Waals surface area contributed by atoms with Gasteiger partial charge in [-0.25, -0.2) is 5.10 Å². The Hall–Kier alpha value is -2.44. The summed E-state index contributed by atoms with van der Waals surface area (Å²) in [6.45, 7) is 1.07. The van der Waals surface area contributed by atoms with Crippen molar-refractivity contribution in [2.45, 2.75) is 6.42 Å². The van der Waals surface area contributed by atoms with Crippen molar-refractivity contribution in [3.63, 3.8) is 0 Å². The van der Waals surface area contributed by atoms with Crippen LogP contribution in [0.5, 0.6) is 11.5 Å². The third-order valence-electron chi connectivity index (χ3n) is 3.02. The summed E-state index contributed by atoms with van der Waals surface area (Å²) >= 11 is 0. The lowest BCUT2D eigenvalue weighted by Crippen LogP contribution is -2.10. The number of aromatic amines is 1. The Morgan fingerprint density at radius 3 is 2.95 bits per heavy atom. The fourth-order valence-corrected chi connectivity index (χ4v) is 1.95. The number of H-pyrrole nitrogens is 1. The van der Waals surface area contributed by atoms with E-state index < -0.39 is 0 Å².